The second-order valence-electron chi connectivity index (χ2n) is 5.92. The van der Waals surface area contributed by atoms with Gasteiger partial charge < -0.3 is 4.57 Å². The highest BCUT2D eigenvalue weighted by molar-refractivity contribution is 5.94. The van der Waals surface area contributed by atoms with E-state index in [1.54, 1.807) is 6.20 Å². The predicted octanol–water partition coefficient (Wildman–Crippen LogP) is 3.35. The maximum atomic E-state index is 4.60. The van der Waals surface area contributed by atoms with Gasteiger partial charge in [0.2, 0.25) is 5.82 Å². The molecule has 5 aromatic rings. The highest BCUT2D eigenvalue weighted by Crippen LogP contribution is 2.26. The van der Waals surface area contributed by atoms with Gasteiger partial charge in [-0.25, -0.2) is 4.98 Å². The molecule has 0 saturated heterocycles. The zero-order valence-corrected chi connectivity index (χ0v) is 13.5. The van der Waals surface area contributed by atoms with Crippen LogP contribution in [0.4, 0.5) is 0 Å². The highest BCUT2D eigenvalue weighted by Gasteiger charge is 2.14. The number of pyridine rings is 2. The second kappa shape index (κ2) is 5.24. The topological polar surface area (TPSA) is 60.9 Å². The fraction of sp³-hybridized carbons (Fsp3) is 0.0526. The molecule has 0 aliphatic heterocycles. The summed E-state index contributed by atoms with van der Waals surface area (Å²) in [6, 6.07) is 14.3. The van der Waals surface area contributed by atoms with Gasteiger partial charge >= 0.3 is 0 Å². The van der Waals surface area contributed by atoms with Crippen LogP contribution in [-0.2, 0) is 7.05 Å². The number of hydrogen-bond acceptors (Lipinski definition) is 4. The van der Waals surface area contributed by atoms with E-state index in [0.717, 1.165) is 39.3 Å². The average molecular weight is 326 g/mol. The summed E-state index contributed by atoms with van der Waals surface area (Å²) in [5.74, 6) is 1.49. The fourth-order valence-corrected chi connectivity index (χ4v) is 3.07. The largest absolute Gasteiger partial charge is 0.331 e. The second-order valence-corrected chi connectivity index (χ2v) is 5.92. The Bertz CT molecular complexity index is 1200. The van der Waals surface area contributed by atoms with Crippen molar-refractivity contribution >= 4 is 16.6 Å². The van der Waals surface area contributed by atoms with Crippen molar-refractivity contribution in [3.8, 4) is 22.8 Å². The Morgan fingerprint density at radius 3 is 2.52 bits per heavy atom. The Morgan fingerprint density at radius 2 is 1.72 bits per heavy atom. The van der Waals surface area contributed by atoms with Gasteiger partial charge in [0.1, 0.15) is 0 Å². The molecule has 4 aromatic heterocycles. The Hall–Kier alpha value is -3.54. The molecule has 0 radical (unpaired) electrons. The number of aromatic nitrogens is 6. The first-order valence-corrected chi connectivity index (χ1v) is 7.98. The van der Waals surface area contributed by atoms with Gasteiger partial charge in [-0.2, -0.15) is 0 Å². The van der Waals surface area contributed by atoms with E-state index in [1.165, 1.54) is 0 Å². The molecule has 120 valence electrons. The number of aryl methyl sites for hydroxylation is 1. The van der Waals surface area contributed by atoms with E-state index in [4.69, 9.17) is 0 Å². The molecule has 0 amide bonds. The quantitative estimate of drug-likeness (QED) is 0.499. The standard InChI is InChI=1S/C19H14N6/c1-24-10-8-20-18(24)19-23-22-17-15-11-14(13-5-3-2-4-6-13)12-21-16(15)7-9-25(17)19/h2-12H,1H3. The number of benzene rings is 1. The van der Waals surface area contributed by atoms with Gasteiger partial charge in [-0.15, -0.1) is 10.2 Å². The van der Waals surface area contributed by atoms with Gasteiger partial charge in [0, 0.05) is 42.8 Å². The first-order valence-electron chi connectivity index (χ1n) is 7.98. The van der Waals surface area contributed by atoms with E-state index >= 15 is 0 Å². The zero-order chi connectivity index (χ0) is 16.8. The third-order valence-electron chi connectivity index (χ3n) is 4.37. The molecule has 0 aliphatic carbocycles. The molecule has 0 saturated carbocycles. The average Bonchev–Trinajstić information content (AvgIpc) is 3.27. The van der Waals surface area contributed by atoms with Crippen molar-refractivity contribution in [2.45, 2.75) is 0 Å². The van der Waals surface area contributed by atoms with E-state index in [1.807, 2.05) is 58.9 Å². The number of imidazole rings is 1. The monoisotopic (exact) mass is 326 g/mol. The maximum Gasteiger partial charge on any atom is 0.204 e. The van der Waals surface area contributed by atoms with E-state index in [9.17, 15) is 0 Å². The molecular weight excluding hydrogens is 312 g/mol. The molecule has 1 aromatic carbocycles. The molecule has 0 fully saturated rings. The SMILES string of the molecule is Cn1ccnc1-c1nnc2c3cc(-c4ccccc4)cnc3ccn12. The molecule has 0 aliphatic rings. The molecule has 4 heterocycles. The molecular formula is C19H14N6. The lowest BCUT2D eigenvalue weighted by Gasteiger charge is -2.05. The Kier molecular flexibility index (Phi) is 2.90. The van der Waals surface area contributed by atoms with Crippen molar-refractivity contribution in [1.82, 2.24) is 29.1 Å². The van der Waals surface area contributed by atoms with Crippen molar-refractivity contribution in [1.29, 1.82) is 0 Å². The Balaban J connectivity index is 1.77. The minimum Gasteiger partial charge on any atom is -0.331 e. The molecule has 6 nitrogen and oxygen atoms in total. The van der Waals surface area contributed by atoms with E-state index in [-0.39, 0.29) is 0 Å². The number of fused-ring (bicyclic) bond motifs is 3. The van der Waals surface area contributed by atoms with E-state index in [2.05, 4.69) is 38.4 Å². The Labute approximate surface area is 143 Å². The zero-order valence-electron chi connectivity index (χ0n) is 13.5. The molecule has 25 heavy (non-hydrogen) atoms. The summed E-state index contributed by atoms with van der Waals surface area (Å²) in [5, 5.41) is 9.72. The summed E-state index contributed by atoms with van der Waals surface area (Å²) < 4.78 is 3.89. The van der Waals surface area contributed by atoms with Crippen LogP contribution in [-0.4, -0.2) is 29.1 Å². The minimum absolute atomic E-state index is 0.717. The molecule has 0 bridgehead atoms. The third kappa shape index (κ3) is 2.11. The van der Waals surface area contributed by atoms with Gasteiger partial charge in [-0.05, 0) is 17.7 Å². The molecule has 6 heteroatoms. The van der Waals surface area contributed by atoms with Gasteiger partial charge in [-0.3, -0.25) is 9.38 Å². The summed E-state index contributed by atoms with van der Waals surface area (Å²) in [7, 11) is 1.94. The van der Waals surface area contributed by atoms with Gasteiger partial charge in [0.15, 0.2) is 11.5 Å². The molecule has 0 N–H and O–H groups in total. The van der Waals surface area contributed by atoms with Gasteiger partial charge in [0.25, 0.3) is 0 Å². The summed E-state index contributed by atoms with van der Waals surface area (Å²) >= 11 is 0. The van der Waals surface area contributed by atoms with Gasteiger partial charge in [0.05, 0.1) is 5.52 Å². The van der Waals surface area contributed by atoms with Crippen LogP contribution in [0.25, 0.3) is 39.3 Å². The Morgan fingerprint density at radius 1 is 0.840 bits per heavy atom. The summed E-state index contributed by atoms with van der Waals surface area (Å²) in [5.41, 5.74) is 3.86. The van der Waals surface area contributed by atoms with Gasteiger partial charge in [-0.1, -0.05) is 30.3 Å². The lowest BCUT2D eigenvalue weighted by atomic mass is 10.1. The third-order valence-corrected chi connectivity index (χ3v) is 4.37. The van der Waals surface area contributed by atoms with Crippen LogP contribution in [0.3, 0.4) is 0 Å². The molecule has 0 spiro atoms. The first kappa shape index (κ1) is 13.9. The van der Waals surface area contributed by atoms with Crippen LogP contribution < -0.4 is 0 Å². The lowest BCUT2D eigenvalue weighted by molar-refractivity contribution is 0.901. The predicted molar refractivity (Wildman–Crippen MR) is 95.9 cm³/mol. The highest BCUT2D eigenvalue weighted by atomic mass is 15.3. The van der Waals surface area contributed by atoms with Crippen LogP contribution in [0.2, 0.25) is 0 Å². The minimum atomic E-state index is 0.717. The van der Waals surface area contributed by atoms with Crippen LogP contribution in [0, 0.1) is 0 Å². The molecule has 0 atom stereocenters. The molecule has 0 unspecified atom stereocenters. The number of nitrogens with zero attached hydrogens (tertiary/aromatic N) is 6. The number of rotatable bonds is 2. The van der Waals surface area contributed by atoms with E-state index < -0.39 is 0 Å². The summed E-state index contributed by atoms with van der Waals surface area (Å²) in [6.07, 6.45) is 7.49. The summed E-state index contributed by atoms with van der Waals surface area (Å²) in [6.45, 7) is 0. The lowest BCUT2D eigenvalue weighted by Crippen LogP contribution is -1.97. The normalized spacial score (nSPS) is 11.4. The van der Waals surface area contributed by atoms with Crippen molar-refractivity contribution in [2.24, 2.45) is 7.05 Å². The van der Waals surface area contributed by atoms with E-state index in [0.29, 0.717) is 0 Å². The molecule has 5 rings (SSSR count). The smallest absolute Gasteiger partial charge is 0.204 e. The van der Waals surface area contributed by atoms with Crippen LogP contribution in [0.5, 0.6) is 0 Å². The van der Waals surface area contributed by atoms with Crippen molar-refractivity contribution < 1.29 is 0 Å². The maximum absolute atomic E-state index is 4.60. The van der Waals surface area contributed by atoms with Crippen molar-refractivity contribution in [3.05, 3.63) is 67.3 Å². The fourth-order valence-electron chi connectivity index (χ4n) is 3.07. The number of hydrogen-bond donors (Lipinski definition) is 0. The summed E-state index contributed by atoms with van der Waals surface area (Å²) in [4.78, 5) is 8.97. The van der Waals surface area contributed by atoms with Crippen molar-refractivity contribution in [2.75, 3.05) is 0 Å². The van der Waals surface area contributed by atoms with Crippen LogP contribution >= 0.6 is 0 Å². The van der Waals surface area contributed by atoms with Crippen molar-refractivity contribution in [3.63, 3.8) is 0 Å². The van der Waals surface area contributed by atoms with Crippen LogP contribution in [0.15, 0.2) is 67.3 Å². The van der Waals surface area contributed by atoms with Crippen LogP contribution in [0.1, 0.15) is 0 Å². The first-order chi connectivity index (χ1) is 12.3.